The molecule has 1 N–H and O–H groups in total. The van der Waals surface area contributed by atoms with E-state index in [9.17, 15) is 9.59 Å². The number of aromatic amines is 1. The van der Waals surface area contributed by atoms with Crippen LogP contribution < -0.4 is 5.56 Å². The fraction of sp³-hybridized carbons (Fsp3) is 0.571. The molecular weight excluding hydrogens is 300 g/mol. The van der Waals surface area contributed by atoms with Crippen molar-refractivity contribution >= 4 is 11.7 Å². The van der Waals surface area contributed by atoms with Gasteiger partial charge in [0.15, 0.2) is 0 Å². The Kier molecular flexibility index (Phi) is 3.38. The van der Waals surface area contributed by atoms with Crippen LogP contribution in [0.5, 0.6) is 0 Å². The van der Waals surface area contributed by atoms with Gasteiger partial charge in [-0.2, -0.15) is 4.52 Å². The van der Waals surface area contributed by atoms with E-state index in [0.29, 0.717) is 44.3 Å². The summed E-state index contributed by atoms with van der Waals surface area (Å²) in [5, 5.41) is 2.72. The summed E-state index contributed by atoms with van der Waals surface area (Å²) in [5.41, 5.74) is 0.479. The molecule has 2 aliphatic heterocycles. The number of fused-ring (bicyclic) bond motifs is 4. The first-order valence-corrected chi connectivity index (χ1v) is 7.60. The van der Waals surface area contributed by atoms with Gasteiger partial charge in [-0.15, -0.1) is 0 Å². The van der Waals surface area contributed by atoms with Gasteiger partial charge >= 0.3 is 0 Å². The molecule has 0 saturated carbocycles. The number of nitrogens with one attached hydrogen (secondary N) is 1. The Bertz CT molecular complexity index is 799. The number of hydrogen-bond donors (Lipinski definition) is 1. The number of carbonyl (C=O) groups excluding carboxylic acids is 1. The number of H-pyrrole nitrogens is 1. The molecule has 2 aliphatic rings. The number of nitrogens with zero attached hydrogens (tertiary/aromatic N) is 5. The van der Waals surface area contributed by atoms with E-state index in [1.807, 2.05) is 7.05 Å². The molecule has 0 spiro atoms. The maximum absolute atomic E-state index is 12.4. The van der Waals surface area contributed by atoms with Crippen molar-refractivity contribution in [3.63, 3.8) is 0 Å². The van der Waals surface area contributed by atoms with Crippen molar-refractivity contribution in [3.05, 3.63) is 28.4 Å². The lowest BCUT2D eigenvalue weighted by Crippen LogP contribution is -2.43. The second kappa shape index (κ2) is 5.43. The van der Waals surface area contributed by atoms with Crippen LogP contribution in [0, 0.1) is 5.92 Å². The van der Waals surface area contributed by atoms with E-state index in [1.165, 1.54) is 16.9 Å². The molecule has 0 aromatic carbocycles. The van der Waals surface area contributed by atoms with Crippen LogP contribution in [0.2, 0.25) is 0 Å². The second-order valence-corrected chi connectivity index (χ2v) is 6.14. The lowest BCUT2D eigenvalue weighted by molar-refractivity contribution is -0.133. The van der Waals surface area contributed by atoms with Gasteiger partial charge < -0.3 is 9.64 Å². The zero-order valence-electron chi connectivity index (χ0n) is 12.8. The maximum atomic E-state index is 12.4. The minimum atomic E-state index is -0.186. The first kappa shape index (κ1) is 14.3. The van der Waals surface area contributed by atoms with Crippen LogP contribution in [0.25, 0.3) is 5.78 Å². The Hall–Kier alpha value is -2.26. The van der Waals surface area contributed by atoms with E-state index in [1.54, 1.807) is 4.90 Å². The highest BCUT2D eigenvalue weighted by molar-refractivity contribution is 5.79. The fourth-order valence-corrected chi connectivity index (χ4v) is 3.30. The minimum Gasteiger partial charge on any atom is -0.378 e. The van der Waals surface area contributed by atoms with E-state index in [2.05, 4.69) is 20.0 Å². The first-order valence-electron chi connectivity index (χ1n) is 7.60. The molecule has 0 aliphatic carbocycles. The Labute approximate surface area is 131 Å². The van der Waals surface area contributed by atoms with Gasteiger partial charge in [-0.3, -0.25) is 19.6 Å². The van der Waals surface area contributed by atoms with E-state index >= 15 is 0 Å². The van der Waals surface area contributed by atoms with Crippen LogP contribution >= 0.6 is 0 Å². The maximum Gasteiger partial charge on any atom is 0.274 e. The Morgan fingerprint density at radius 1 is 1.35 bits per heavy atom. The smallest absolute Gasteiger partial charge is 0.274 e. The third kappa shape index (κ3) is 2.51. The van der Waals surface area contributed by atoms with Gasteiger partial charge in [-0.1, -0.05) is 0 Å². The van der Waals surface area contributed by atoms with E-state index < -0.39 is 0 Å². The third-order valence-electron chi connectivity index (χ3n) is 4.53. The molecule has 2 fully saturated rings. The van der Waals surface area contributed by atoms with Crippen LogP contribution in [0.15, 0.2) is 17.2 Å². The Balaban J connectivity index is 1.60. The standard InChI is InChI=1S/C14H18N6O3/c1-18-11-5-19(3-9(13(18)22)6-23-7-11)4-10-2-12(21)20-14(17-10)15-8-16-20/h2,8-9,11H,3-7H2,1H3,(H,15,16,17)/t9-,11+/m1/s1. The number of carbonyl (C=O) groups is 1. The van der Waals surface area contributed by atoms with Crippen molar-refractivity contribution in [2.24, 2.45) is 5.92 Å². The van der Waals surface area contributed by atoms with Crippen LogP contribution in [-0.2, 0) is 16.1 Å². The van der Waals surface area contributed by atoms with Crippen LogP contribution in [-0.4, -0.2) is 74.7 Å². The number of ether oxygens (including phenoxy) is 1. The van der Waals surface area contributed by atoms with Crippen LogP contribution in [0.1, 0.15) is 5.69 Å². The fourth-order valence-electron chi connectivity index (χ4n) is 3.30. The summed E-state index contributed by atoms with van der Waals surface area (Å²) < 4.78 is 6.89. The van der Waals surface area contributed by atoms with Crippen molar-refractivity contribution in [3.8, 4) is 0 Å². The molecule has 4 rings (SSSR count). The largest absolute Gasteiger partial charge is 0.378 e. The van der Waals surface area contributed by atoms with Crippen molar-refractivity contribution in [1.29, 1.82) is 0 Å². The SMILES string of the molecule is CN1C(=O)[C@H]2COC[C@@H]1CN(Cc1cc(=O)n3[nH]cnc3n1)C2. The summed E-state index contributed by atoms with van der Waals surface area (Å²) in [4.78, 5) is 36.8. The highest BCUT2D eigenvalue weighted by Gasteiger charge is 2.37. The van der Waals surface area contributed by atoms with Crippen molar-refractivity contribution < 1.29 is 9.53 Å². The summed E-state index contributed by atoms with van der Waals surface area (Å²) in [7, 11) is 1.83. The number of likely N-dealkylation sites (N-methyl/N-ethyl adjacent to an activating group) is 1. The van der Waals surface area contributed by atoms with Crippen LogP contribution in [0.4, 0.5) is 0 Å². The number of rotatable bonds is 2. The van der Waals surface area contributed by atoms with Gasteiger partial charge in [-0.05, 0) is 0 Å². The molecule has 23 heavy (non-hydrogen) atoms. The monoisotopic (exact) mass is 318 g/mol. The van der Waals surface area contributed by atoms with E-state index in [4.69, 9.17) is 4.74 Å². The molecular formula is C14H18N6O3. The molecule has 0 radical (unpaired) electrons. The quantitative estimate of drug-likeness (QED) is 0.740. The molecule has 1 amide bonds. The number of amides is 1. The zero-order chi connectivity index (χ0) is 16.0. The van der Waals surface area contributed by atoms with Crippen LogP contribution in [0.3, 0.4) is 0 Å². The number of aromatic nitrogens is 4. The van der Waals surface area contributed by atoms with Gasteiger partial charge in [0, 0.05) is 32.7 Å². The molecule has 0 unspecified atom stereocenters. The summed E-state index contributed by atoms with van der Waals surface area (Å²) in [6, 6.07) is 1.54. The highest BCUT2D eigenvalue weighted by Crippen LogP contribution is 2.20. The topological polar surface area (TPSA) is 95.8 Å². The molecule has 2 aromatic heterocycles. The third-order valence-corrected chi connectivity index (χ3v) is 4.53. The predicted octanol–water partition coefficient (Wildman–Crippen LogP) is -1.29. The van der Waals surface area contributed by atoms with Crippen molar-refractivity contribution in [2.45, 2.75) is 12.6 Å². The molecule has 2 atom stereocenters. The normalized spacial score (nSPS) is 25.8. The molecule has 9 nitrogen and oxygen atoms in total. The van der Waals surface area contributed by atoms with E-state index in [-0.39, 0.29) is 23.4 Å². The van der Waals surface area contributed by atoms with Crippen molar-refractivity contribution in [1.82, 2.24) is 29.4 Å². The van der Waals surface area contributed by atoms with Gasteiger partial charge in [-0.25, -0.2) is 9.97 Å². The molecule has 4 heterocycles. The summed E-state index contributed by atoms with van der Waals surface area (Å²) in [6.45, 7) is 2.84. The zero-order valence-corrected chi connectivity index (χ0v) is 12.8. The first-order chi connectivity index (χ1) is 11.1. The summed E-state index contributed by atoms with van der Waals surface area (Å²) in [6.07, 6.45) is 1.44. The lowest BCUT2D eigenvalue weighted by Gasteiger charge is -2.28. The predicted molar refractivity (Wildman–Crippen MR) is 79.8 cm³/mol. The summed E-state index contributed by atoms with van der Waals surface area (Å²) in [5.74, 6) is 0.326. The van der Waals surface area contributed by atoms with Gasteiger partial charge in [0.05, 0.1) is 30.9 Å². The van der Waals surface area contributed by atoms with E-state index in [0.717, 1.165) is 0 Å². The van der Waals surface area contributed by atoms with Crippen molar-refractivity contribution in [2.75, 3.05) is 33.4 Å². The molecule has 9 heteroatoms. The highest BCUT2D eigenvalue weighted by atomic mass is 16.5. The average molecular weight is 318 g/mol. The minimum absolute atomic E-state index is 0.0326. The molecule has 122 valence electrons. The average Bonchev–Trinajstić information content (AvgIpc) is 2.89. The lowest BCUT2D eigenvalue weighted by atomic mass is 10.1. The van der Waals surface area contributed by atoms with Gasteiger partial charge in [0.1, 0.15) is 6.33 Å². The van der Waals surface area contributed by atoms with Gasteiger partial charge in [0.2, 0.25) is 5.91 Å². The molecule has 2 aromatic rings. The second-order valence-electron chi connectivity index (χ2n) is 6.14. The number of hydrogen-bond acceptors (Lipinski definition) is 6. The molecule has 2 saturated heterocycles. The molecule has 2 bridgehead atoms. The van der Waals surface area contributed by atoms with Gasteiger partial charge in [0.25, 0.3) is 11.3 Å². The summed E-state index contributed by atoms with van der Waals surface area (Å²) >= 11 is 0. The Morgan fingerprint density at radius 2 is 2.22 bits per heavy atom. The Morgan fingerprint density at radius 3 is 3.09 bits per heavy atom.